The summed E-state index contributed by atoms with van der Waals surface area (Å²) in [4.78, 5) is 16.4. The minimum Gasteiger partial charge on any atom is -0.487 e. The molecule has 2 heterocycles. The first-order chi connectivity index (χ1) is 14.6. The van der Waals surface area contributed by atoms with E-state index in [9.17, 15) is 4.79 Å². The van der Waals surface area contributed by atoms with Gasteiger partial charge in [-0.15, -0.1) is 5.10 Å². The van der Waals surface area contributed by atoms with Crippen LogP contribution in [0.15, 0.2) is 61.3 Å². The van der Waals surface area contributed by atoms with Gasteiger partial charge in [-0.1, -0.05) is 12.1 Å². The number of rotatable bonds is 6. The minimum absolute atomic E-state index is 0.255. The molecule has 148 valence electrons. The monoisotopic (exact) mass is 400 g/mol. The van der Waals surface area contributed by atoms with Gasteiger partial charge >= 0.3 is 0 Å². The fraction of sp³-hybridized carbons (Fsp3) is 0.100. The van der Waals surface area contributed by atoms with Crippen molar-refractivity contribution < 1.29 is 9.53 Å². The SMILES string of the molecule is Cn1cncc1C(=O)Nc1ccc(OCc2cccc(C#N)c2)c(-n2cnnn2)c1. The molecule has 4 aromatic rings. The van der Waals surface area contributed by atoms with E-state index in [1.807, 2.05) is 6.07 Å². The van der Waals surface area contributed by atoms with Crippen LogP contribution in [-0.2, 0) is 13.7 Å². The summed E-state index contributed by atoms with van der Waals surface area (Å²) in [5.74, 6) is 0.225. The highest BCUT2D eigenvalue weighted by molar-refractivity contribution is 6.03. The number of nitriles is 1. The van der Waals surface area contributed by atoms with Crippen molar-refractivity contribution in [1.82, 2.24) is 29.8 Å². The molecule has 1 amide bonds. The van der Waals surface area contributed by atoms with Crippen molar-refractivity contribution in [1.29, 1.82) is 5.26 Å². The summed E-state index contributed by atoms with van der Waals surface area (Å²) >= 11 is 0. The van der Waals surface area contributed by atoms with Gasteiger partial charge in [0.25, 0.3) is 5.91 Å². The van der Waals surface area contributed by atoms with Crippen LogP contribution in [0.2, 0.25) is 0 Å². The Balaban J connectivity index is 1.58. The molecule has 0 saturated heterocycles. The average molecular weight is 400 g/mol. The Morgan fingerprint density at radius 1 is 1.23 bits per heavy atom. The molecule has 0 radical (unpaired) electrons. The quantitative estimate of drug-likeness (QED) is 0.525. The predicted molar refractivity (Wildman–Crippen MR) is 106 cm³/mol. The van der Waals surface area contributed by atoms with E-state index in [0.717, 1.165) is 5.56 Å². The molecule has 0 fully saturated rings. The van der Waals surface area contributed by atoms with E-state index in [1.165, 1.54) is 17.2 Å². The van der Waals surface area contributed by atoms with Gasteiger partial charge in [0, 0.05) is 12.7 Å². The number of anilines is 1. The van der Waals surface area contributed by atoms with Crippen LogP contribution >= 0.6 is 0 Å². The van der Waals surface area contributed by atoms with Crippen molar-refractivity contribution in [3.63, 3.8) is 0 Å². The first-order valence-electron chi connectivity index (χ1n) is 8.91. The first-order valence-corrected chi connectivity index (χ1v) is 8.91. The molecule has 0 bridgehead atoms. The zero-order valence-electron chi connectivity index (χ0n) is 15.9. The summed E-state index contributed by atoms with van der Waals surface area (Å²) in [6.07, 6.45) is 4.48. The molecule has 0 unspecified atom stereocenters. The molecule has 1 N–H and O–H groups in total. The maximum Gasteiger partial charge on any atom is 0.273 e. The number of ether oxygens (including phenoxy) is 1. The van der Waals surface area contributed by atoms with E-state index in [0.29, 0.717) is 28.4 Å². The van der Waals surface area contributed by atoms with Gasteiger partial charge < -0.3 is 14.6 Å². The maximum absolute atomic E-state index is 12.5. The molecule has 0 aliphatic rings. The summed E-state index contributed by atoms with van der Waals surface area (Å²) in [7, 11) is 1.74. The van der Waals surface area contributed by atoms with Crippen LogP contribution < -0.4 is 10.1 Å². The van der Waals surface area contributed by atoms with E-state index in [1.54, 1.807) is 54.3 Å². The summed E-state index contributed by atoms with van der Waals surface area (Å²) in [6, 6.07) is 14.4. The number of nitrogens with one attached hydrogen (secondary N) is 1. The number of tetrazole rings is 1. The highest BCUT2D eigenvalue weighted by atomic mass is 16.5. The fourth-order valence-corrected chi connectivity index (χ4v) is 2.83. The molecule has 10 nitrogen and oxygen atoms in total. The van der Waals surface area contributed by atoms with E-state index in [-0.39, 0.29) is 12.5 Å². The number of imidazole rings is 1. The smallest absolute Gasteiger partial charge is 0.273 e. The summed E-state index contributed by atoms with van der Waals surface area (Å²) in [5, 5.41) is 23.1. The Hall–Kier alpha value is -4.52. The van der Waals surface area contributed by atoms with Crippen molar-refractivity contribution >= 4 is 11.6 Å². The standard InChI is InChI=1S/C20H16N8O2/c1-27-12-22-10-18(27)20(29)24-16-5-6-19(17(8-16)28-13-23-25-26-28)30-11-15-4-2-3-14(7-15)9-21/h2-8,10,12-13H,11H2,1H3,(H,24,29). The number of hydrogen-bond acceptors (Lipinski definition) is 7. The lowest BCUT2D eigenvalue weighted by Gasteiger charge is -2.13. The second-order valence-corrected chi connectivity index (χ2v) is 6.38. The van der Waals surface area contributed by atoms with Crippen LogP contribution in [0.5, 0.6) is 5.75 Å². The Labute approximate surface area is 171 Å². The molecule has 2 aromatic carbocycles. The maximum atomic E-state index is 12.5. The third-order valence-corrected chi connectivity index (χ3v) is 4.31. The van der Waals surface area contributed by atoms with Gasteiger partial charge in [-0.25, -0.2) is 4.98 Å². The highest BCUT2D eigenvalue weighted by Gasteiger charge is 2.14. The second kappa shape index (κ2) is 8.24. The van der Waals surface area contributed by atoms with Gasteiger partial charge in [0.15, 0.2) is 0 Å². The van der Waals surface area contributed by atoms with Crippen LogP contribution in [0.4, 0.5) is 5.69 Å². The van der Waals surface area contributed by atoms with E-state index in [2.05, 4.69) is 31.9 Å². The molecule has 0 aliphatic heterocycles. The normalized spacial score (nSPS) is 10.4. The number of aryl methyl sites for hydroxylation is 1. The largest absolute Gasteiger partial charge is 0.487 e. The van der Waals surface area contributed by atoms with Crippen LogP contribution in [0, 0.1) is 11.3 Å². The number of amides is 1. The van der Waals surface area contributed by atoms with Crippen molar-refractivity contribution in [2.45, 2.75) is 6.61 Å². The Kier molecular flexibility index (Phi) is 5.17. The minimum atomic E-state index is -0.292. The average Bonchev–Trinajstić information content (AvgIpc) is 3.45. The zero-order valence-corrected chi connectivity index (χ0v) is 15.9. The van der Waals surface area contributed by atoms with Gasteiger partial charge in [-0.2, -0.15) is 9.94 Å². The third-order valence-electron chi connectivity index (χ3n) is 4.31. The molecule has 4 rings (SSSR count). The molecular formula is C20H16N8O2. The Morgan fingerprint density at radius 3 is 2.87 bits per heavy atom. The third kappa shape index (κ3) is 4.00. The molecule has 0 aliphatic carbocycles. The molecule has 10 heteroatoms. The number of hydrogen-bond donors (Lipinski definition) is 1. The van der Waals surface area contributed by atoms with Crippen molar-refractivity contribution in [3.8, 4) is 17.5 Å². The van der Waals surface area contributed by atoms with Gasteiger partial charge in [-0.05, 0) is 46.3 Å². The number of benzene rings is 2. The molecule has 30 heavy (non-hydrogen) atoms. The van der Waals surface area contributed by atoms with E-state index < -0.39 is 0 Å². The number of carbonyl (C=O) groups is 1. The molecular weight excluding hydrogens is 384 g/mol. The lowest BCUT2D eigenvalue weighted by Crippen LogP contribution is -2.15. The summed E-state index contributed by atoms with van der Waals surface area (Å²) in [5.41, 5.74) is 2.94. The van der Waals surface area contributed by atoms with Crippen LogP contribution in [0.25, 0.3) is 5.69 Å². The number of carbonyl (C=O) groups excluding carboxylic acids is 1. The van der Waals surface area contributed by atoms with Crippen molar-refractivity contribution in [2.24, 2.45) is 7.05 Å². The van der Waals surface area contributed by atoms with Crippen molar-refractivity contribution in [3.05, 3.63) is 78.1 Å². The van der Waals surface area contributed by atoms with Crippen molar-refractivity contribution in [2.75, 3.05) is 5.32 Å². The molecule has 0 saturated carbocycles. The second-order valence-electron chi connectivity index (χ2n) is 6.38. The van der Waals surface area contributed by atoms with Gasteiger partial charge in [0.05, 0.1) is 24.2 Å². The van der Waals surface area contributed by atoms with Crippen LogP contribution in [0.1, 0.15) is 21.6 Å². The fourth-order valence-electron chi connectivity index (χ4n) is 2.83. The number of nitrogens with zero attached hydrogens (tertiary/aromatic N) is 7. The number of aromatic nitrogens is 6. The van der Waals surface area contributed by atoms with E-state index >= 15 is 0 Å². The molecule has 0 spiro atoms. The Bertz CT molecular complexity index is 1220. The lowest BCUT2D eigenvalue weighted by molar-refractivity contribution is 0.101. The lowest BCUT2D eigenvalue weighted by atomic mass is 10.1. The first kappa shape index (κ1) is 18.8. The molecule has 2 aromatic heterocycles. The van der Waals surface area contributed by atoms with Gasteiger partial charge in [0.2, 0.25) is 0 Å². The summed E-state index contributed by atoms with van der Waals surface area (Å²) in [6.45, 7) is 0.255. The van der Waals surface area contributed by atoms with Crippen LogP contribution in [0.3, 0.4) is 0 Å². The Morgan fingerprint density at radius 2 is 2.13 bits per heavy atom. The summed E-state index contributed by atoms with van der Waals surface area (Å²) < 4.78 is 9.02. The topological polar surface area (TPSA) is 124 Å². The van der Waals surface area contributed by atoms with E-state index in [4.69, 9.17) is 10.00 Å². The van der Waals surface area contributed by atoms with Gasteiger partial charge in [0.1, 0.15) is 30.1 Å². The predicted octanol–water partition coefficient (Wildman–Crippen LogP) is 2.10. The highest BCUT2D eigenvalue weighted by Crippen LogP contribution is 2.27. The van der Waals surface area contributed by atoms with Crippen LogP contribution in [-0.4, -0.2) is 35.7 Å². The zero-order chi connectivity index (χ0) is 20.9. The molecule has 0 atom stereocenters. The van der Waals surface area contributed by atoms with Gasteiger partial charge in [-0.3, -0.25) is 4.79 Å².